The fourth-order valence-electron chi connectivity index (χ4n) is 3.03. The van der Waals surface area contributed by atoms with Crippen molar-refractivity contribution < 1.29 is 9.59 Å². The first-order valence-corrected chi connectivity index (χ1v) is 7.87. The molecule has 0 aliphatic carbocycles. The first-order chi connectivity index (χ1) is 12.4. The summed E-state index contributed by atoms with van der Waals surface area (Å²) < 4.78 is 0. The van der Waals surface area contributed by atoms with Gasteiger partial charge in [-0.2, -0.15) is 0 Å². The normalized spacial score (nSPS) is 10.5. The average molecular weight is 346 g/mol. The molecule has 0 spiro atoms. The van der Waals surface area contributed by atoms with Crippen LogP contribution in [0.2, 0.25) is 0 Å². The Morgan fingerprint density at radius 1 is 0.615 bits per heavy atom. The summed E-state index contributed by atoms with van der Waals surface area (Å²) in [6, 6.07) is 17.2. The van der Waals surface area contributed by atoms with Crippen LogP contribution in [0.4, 0.5) is 11.4 Å². The lowest BCUT2D eigenvalue weighted by Crippen LogP contribution is -2.14. The van der Waals surface area contributed by atoms with E-state index in [1.54, 1.807) is 48.5 Å². The quantitative estimate of drug-likeness (QED) is 0.539. The van der Waals surface area contributed by atoms with E-state index in [4.69, 9.17) is 22.9 Å². The van der Waals surface area contributed by atoms with E-state index < -0.39 is 11.8 Å². The van der Waals surface area contributed by atoms with Gasteiger partial charge in [0.25, 0.3) is 0 Å². The van der Waals surface area contributed by atoms with Crippen LogP contribution in [0.15, 0.2) is 60.7 Å². The van der Waals surface area contributed by atoms with Gasteiger partial charge in [0.05, 0.1) is 0 Å². The summed E-state index contributed by atoms with van der Waals surface area (Å²) in [4.78, 5) is 23.6. The number of carbonyl (C=O) groups excluding carboxylic acids is 2. The molecule has 3 rings (SSSR count). The van der Waals surface area contributed by atoms with E-state index in [-0.39, 0.29) is 0 Å². The first-order valence-electron chi connectivity index (χ1n) is 7.87. The highest BCUT2D eigenvalue weighted by molar-refractivity contribution is 6.05. The smallest absolute Gasteiger partial charge is 0.249 e. The van der Waals surface area contributed by atoms with Gasteiger partial charge in [-0.1, -0.05) is 30.3 Å². The molecule has 0 saturated carbocycles. The Bertz CT molecular complexity index is 949. The van der Waals surface area contributed by atoms with E-state index in [9.17, 15) is 9.59 Å². The molecule has 8 N–H and O–H groups in total. The maximum atomic E-state index is 11.8. The Morgan fingerprint density at radius 2 is 1.00 bits per heavy atom. The first kappa shape index (κ1) is 17.0. The average Bonchev–Trinajstić information content (AvgIpc) is 2.61. The molecular formula is C20H18N4O2. The summed E-state index contributed by atoms with van der Waals surface area (Å²) in [6.07, 6.45) is 0. The summed E-state index contributed by atoms with van der Waals surface area (Å²) >= 11 is 0. The van der Waals surface area contributed by atoms with Gasteiger partial charge in [0, 0.05) is 33.6 Å². The van der Waals surface area contributed by atoms with Gasteiger partial charge in [-0.25, -0.2) is 0 Å². The zero-order chi connectivity index (χ0) is 18.8. The van der Waals surface area contributed by atoms with Gasteiger partial charge in [0.2, 0.25) is 11.8 Å². The van der Waals surface area contributed by atoms with Crippen LogP contribution in [-0.4, -0.2) is 11.8 Å². The summed E-state index contributed by atoms with van der Waals surface area (Å²) in [5.41, 5.74) is 27.1. The number of anilines is 2. The van der Waals surface area contributed by atoms with E-state index in [0.717, 1.165) is 0 Å². The van der Waals surface area contributed by atoms with Gasteiger partial charge in [-0.05, 0) is 41.5 Å². The number of hydrogen-bond donors (Lipinski definition) is 4. The molecule has 3 aromatic rings. The lowest BCUT2D eigenvalue weighted by atomic mass is 9.92. The van der Waals surface area contributed by atoms with Crippen LogP contribution in [0.25, 0.3) is 22.3 Å². The third kappa shape index (κ3) is 2.95. The van der Waals surface area contributed by atoms with E-state index in [1.807, 2.05) is 12.1 Å². The van der Waals surface area contributed by atoms with Crippen LogP contribution in [0.5, 0.6) is 0 Å². The second kappa shape index (κ2) is 6.60. The van der Waals surface area contributed by atoms with E-state index >= 15 is 0 Å². The number of rotatable bonds is 4. The number of benzene rings is 3. The summed E-state index contributed by atoms with van der Waals surface area (Å²) in [6.45, 7) is 0. The highest BCUT2D eigenvalue weighted by Crippen LogP contribution is 2.35. The van der Waals surface area contributed by atoms with Crippen molar-refractivity contribution in [2.75, 3.05) is 11.5 Å². The topological polar surface area (TPSA) is 138 Å². The Kier molecular flexibility index (Phi) is 4.33. The van der Waals surface area contributed by atoms with E-state index in [2.05, 4.69) is 0 Å². The molecule has 0 aliphatic rings. The van der Waals surface area contributed by atoms with Crippen molar-refractivity contribution >= 4 is 23.2 Å². The molecule has 0 fully saturated rings. The van der Waals surface area contributed by atoms with E-state index in [0.29, 0.717) is 44.8 Å². The Balaban J connectivity index is 2.25. The number of carbonyl (C=O) groups is 2. The molecule has 3 aromatic carbocycles. The summed E-state index contributed by atoms with van der Waals surface area (Å²) in [7, 11) is 0. The van der Waals surface area contributed by atoms with Crippen LogP contribution < -0.4 is 22.9 Å². The molecule has 26 heavy (non-hydrogen) atoms. The predicted molar refractivity (Wildman–Crippen MR) is 103 cm³/mol. The fourth-order valence-corrected chi connectivity index (χ4v) is 3.03. The molecule has 130 valence electrons. The lowest BCUT2D eigenvalue weighted by molar-refractivity contribution is 0.0992. The van der Waals surface area contributed by atoms with Crippen molar-refractivity contribution in [2.24, 2.45) is 11.5 Å². The maximum absolute atomic E-state index is 11.8. The van der Waals surface area contributed by atoms with Crippen LogP contribution >= 0.6 is 0 Å². The lowest BCUT2D eigenvalue weighted by Gasteiger charge is -2.14. The third-order valence-electron chi connectivity index (χ3n) is 4.16. The molecule has 6 nitrogen and oxygen atoms in total. The third-order valence-corrected chi connectivity index (χ3v) is 4.16. The molecule has 0 heterocycles. The zero-order valence-electron chi connectivity index (χ0n) is 13.9. The standard InChI is InChI=1S/C20H18N4O2/c21-15-8-2-6-13(19(23)25)17(15)11-4-1-5-12(10-11)18-14(20(24)26)7-3-9-16(18)22/h1-10H,21-22H2,(H2,23,25)(H2,24,26). The SMILES string of the molecule is NC(=O)c1cccc(N)c1-c1cccc(-c2c(N)cccc2C(N)=O)c1. The van der Waals surface area contributed by atoms with Crippen molar-refractivity contribution in [3.05, 3.63) is 71.8 Å². The molecule has 0 aromatic heterocycles. The van der Waals surface area contributed by atoms with Gasteiger partial charge in [-0.3, -0.25) is 9.59 Å². The fraction of sp³-hybridized carbons (Fsp3) is 0. The monoisotopic (exact) mass is 346 g/mol. The van der Waals surface area contributed by atoms with Gasteiger partial charge < -0.3 is 22.9 Å². The maximum Gasteiger partial charge on any atom is 0.249 e. The second-order valence-electron chi connectivity index (χ2n) is 5.85. The van der Waals surface area contributed by atoms with Crippen LogP contribution in [0.3, 0.4) is 0 Å². The van der Waals surface area contributed by atoms with Gasteiger partial charge >= 0.3 is 0 Å². The summed E-state index contributed by atoms with van der Waals surface area (Å²) in [5, 5.41) is 0. The Labute approximate surface area is 150 Å². The predicted octanol–water partition coefficient (Wildman–Crippen LogP) is 2.38. The van der Waals surface area contributed by atoms with Crippen LogP contribution in [0.1, 0.15) is 20.7 Å². The highest BCUT2D eigenvalue weighted by Gasteiger charge is 2.16. The van der Waals surface area contributed by atoms with Crippen molar-refractivity contribution in [3.8, 4) is 22.3 Å². The number of amides is 2. The van der Waals surface area contributed by atoms with E-state index in [1.165, 1.54) is 0 Å². The highest BCUT2D eigenvalue weighted by atomic mass is 16.1. The van der Waals surface area contributed by atoms with Crippen LogP contribution in [0, 0.1) is 0 Å². The molecule has 0 radical (unpaired) electrons. The van der Waals surface area contributed by atoms with Gasteiger partial charge in [0.15, 0.2) is 0 Å². The minimum Gasteiger partial charge on any atom is -0.398 e. The number of hydrogen-bond acceptors (Lipinski definition) is 4. The molecule has 0 bridgehead atoms. The molecule has 0 atom stereocenters. The number of nitrogen functional groups attached to an aromatic ring is 2. The number of nitrogens with two attached hydrogens (primary N) is 4. The molecule has 0 saturated heterocycles. The van der Waals surface area contributed by atoms with Crippen molar-refractivity contribution in [2.45, 2.75) is 0 Å². The molecular weight excluding hydrogens is 328 g/mol. The largest absolute Gasteiger partial charge is 0.398 e. The van der Waals surface area contributed by atoms with Gasteiger partial charge in [0.1, 0.15) is 0 Å². The number of primary amides is 2. The zero-order valence-corrected chi connectivity index (χ0v) is 13.9. The molecule has 6 heteroatoms. The molecule has 2 amide bonds. The Hall–Kier alpha value is -3.80. The molecule has 0 aliphatic heterocycles. The van der Waals surface area contributed by atoms with Crippen molar-refractivity contribution in [1.82, 2.24) is 0 Å². The summed E-state index contributed by atoms with van der Waals surface area (Å²) in [5.74, 6) is -1.15. The Morgan fingerprint density at radius 3 is 1.38 bits per heavy atom. The van der Waals surface area contributed by atoms with Crippen LogP contribution in [-0.2, 0) is 0 Å². The second-order valence-corrected chi connectivity index (χ2v) is 5.85. The molecule has 0 unspecified atom stereocenters. The minimum absolute atomic E-state index is 0.318. The minimum atomic E-state index is -0.574. The van der Waals surface area contributed by atoms with Gasteiger partial charge in [-0.15, -0.1) is 0 Å². The van der Waals surface area contributed by atoms with Crippen molar-refractivity contribution in [3.63, 3.8) is 0 Å². The van der Waals surface area contributed by atoms with Crippen molar-refractivity contribution in [1.29, 1.82) is 0 Å².